The quantitative estimate of drug-likeness (QED) is 0.0606. The molecule has 0 radical (unpaired) electrons. The highest BCUT2D eigenvalue weighted by Crippen LogP contribution is 2.44. The van der Waals surface area contributed by atoms with Crippen molar-refractivity contribution >= 4 is 58.9 Å². The van der Waals surface area contributed by atoms with Gasteiger partial charge >= 0.3 is 12.1 Å². The number of ether oxygens (including phenoxy) is 2. The van der Waals surface area contributed by atoms with E-state index in [1.807, 2.05) is 27.7 Å². The Morgan fingerprint density at radius 3 is 2.01 bits per heavy atom. The number of carboxylic acid groups (broad SMARTS) is 1. The monoisotopic (exact) mass is 972 g/mol. The molecule has 378 valence electrons. The maximum absolute atomic E-state index is 14.0. The number of hydrogen-bond acceptors (Lipinski definition) is 13. The number of nitrogens with two attached hydrogens (primary N) is 1. The number of carboxylic acids is 1. The molecule has 2 bridgehead atoms. The average molecular weight is 973 g/mol. The van der Waals surface area contributed by atoms with E-state index >= 15 is 0 Å². The third-order valence-electron chi connectivity index (χ3n) is 11.8. The number of rotatable bonds is 22. The number of primary amides is 1. The molecule has 0 spiro atoms. The van der Waals surface area contributed by atoms with Crippen molar-refractivity contribution in [2.75, 3.05) is 11.9 Å². The molecule has 70 heavy (non-hydrogen) atoms. The number of benzene rings is 3. The summed E-state index contributed by atoms with van der Waals surface area (Å²) >= 11 is 0. The van der Waals surface area contributed by atoms with Crippen LogP contribution >= 0.6 is 0 Å². The lowest BCUT2D eigenvalue weighted by atomic mass is 9.86. The largest absolute Gasteiger partial charge is 0.507 e. The van der Waals surface area contributed by atoms with Crippen LogP contribution in [0.1, 0.15) is 116 Å². The van der Waals surface area contributed by atoms with Crippen LogP contribution in [0.15, 0.2) is 54.6 Å². The Morgan fingerprint density at radius 2 is 1.41 bits per heavy atom. The first-order valence-electron chi connectivity index (χ1n) is 23.2. The zero-order valence-electron chi connectivity index (χ0n) is 40.4. The van der Waals surface area contributed by atoms with E-state index in [-0.39, 0.29) is 45.7 Å². The van der Waals surface area contributed by atoms with E-state index in [1.165, 1.54) is 32.9 Å². The number of carbonyl (C=O) groups excluding carboxylic acids is 8. The van der Waals surface area contributed by atoms with Crippen LogP contribution in [0.3, 0.4) is 0 Å². The van der Waals surface area contributed by atoms with E-state index in [9.17, 15) is 58.5 Å². The highest BCUT2D eigenvalue weighted by molar-refractivity contribution is 5.99. The van der Waals surface area contributed by atoms with Crippen LogP contribution in [0.2, 0.25) is 0 Å². The fourth-order valence-electron chi connectivity index (χ4n) is 7.82. The Morgan fingerprint density at radius 1 is 0.771 bits per heavy atom. The molecule has 0 saturated carbocycles. The molecule has 0 fully saturated rings. The predicted octanol–water partition coefficient (Wildman–Crippen LogP) is 4.89. The summed E-state index contributed by atoms with van der Waals surface area (Å²) < 4.78 is 11.1. The zero-order chi connectivity index (χ0) is 52.0. The van der Waals surface area contributed by atoms with Gasteiger partial charge in [-0.3, -0.25) is 38.9 Å². The summed E-state index contributed by atoms with van der Waals surface area (Å²) in [5.41, 5.74) is 4.89. The standard InChI is InChI=1S/C50H64N6O14/c1-8-10-17-69-33-14-12-32(13-15-33)55-50(68)70-34-22-37-43(41(60)23-34)36-19-30(11-16-38(36)57)35(48(65)54-28(7)45(62)56-44(37)49(66)67)24-40(59)27(6)53-47(64)31(21-42(51)61)20-39(58)26(5)52-46(63)29(9-2)18-25(3)4/h11-16,19,22-23,25-29,31,35,44,57,60H,8-10,17-18,20-21,24H2,1-7H3,(H2,51,61)(H,52,63)(H,53,64)(H,54,65)(H,55,68)(H,56,62)(H,66,67)/t26-,27-,28+,29-,31+,35-,44+/m1/s1. The minimum atomic E-state index is -1.96. The second kappa shape index (κ2) is 25.2. The smallest absolute Gasteiger partial charge is 0.417 e. The van der Waals surface area contributed by atoms with Gasteiger partial charge in [-0.05, 0) is 94.0 Å². The van der Waals surface area contributed by atoms with Crippen LogP contribution in [0.4, 0.5) is 10.5 Å². The molecule has 1 aliphatic rings. The van der Waals surface area contributed by atoms with E-state index in [0.29, 0.717) is 30.9 Å². The van der Waals surface area contributed by atoms with E-state index in [4.69, 9.17) is 15.2 Å². The van der Waals surface area contributed by atoms with Gasteiger partial charge in [-0.25, -0.2) is 9.59 Å². The summed E-state index contributed by atoms with van der Waals surface area (Å²) in [6.45, 7) is 12.4. The van der Waals surface area contributed by atoms with E-state index in [2.05, 4.69) is 26.6 Å². The van der Waals surface area contributed by atoms with Crippen molar-refractivity contribution in [2.24, 2.45) is 23.5 Å². The van der Waals surface area contributed by atoms with Crippen molar-refractivity contribution in [1.29, 1.82) is 0 Å². The molecule has 7 atom stereocenters. The molecule has 0 aliphatic carbocycles. The zero-order valence-corrected chi connectivity index (χ0v) is 40.4. The molecule has 0 unspecified atom stereocenters. The Bertz CT molecular complexity index is 2440. The van der Waals surface area contributed by atoms with Crippen LogP contribution in [0.5, 0.6) is 23.0 Å². The molecule has 0 aromatic heterocycles. The lowest BCUT2D eigenvalue weighted by Gasteiger charge is -2.26. The number of amides is 6. The van der Waals surface area contributed by atoms with Crippen molar-refractivity contribution in [3.05, 3.63) is 65.7 Å². The highest BCUT2D eigenvalue weighted by atomic mass is 16.6. The number of anilines is 1. The summed E-state index contributed by atoms with van der Waals surface area (Å²) in [5.74, 6) is -10.8. The molecule has 3 aromatic carbocycles. The summed E-state index contributed by atoms with van der Waals surface area (Å²) in [4.78, 5) is 119. The molecule has 1 aliphatic heterocycles. The minimum absolute atomic E-state index is 0.0519. The van der Waals surface area contributed by atoms with Crippen LogP contribution in [0.25, 0.3) is 11.1 Å². The molecule has 6 amide bonds. The number of nitrogens with one attached hydrogen (secondary N) is 5. The van der Waals surface area contributed by atoms with Crippen molar-refractivity contribution in [1.82, 2.24) is 21.3 Å². The summed E-state index contributed by atoms with van der Waals surface area (Å²) in [5, 5.41) is 45.7. The predicted molar refractivity (Wildman–Crippen MR) is 256 cm³/mol. The maximum Gasteiger partial charge on any atom is 0.417 e. The number of phenolic OH excluding ortho intramolecular Hbond substituents is 2. The maximum atomic E-state index is 14.0. The van der Waals surface area contributed by atoms with Crippen molar-refractivity contribution < 1.29 is 67.9 Å². The Balaban J connectivity index is 1.63. The van der Waals surface area contributed by atoms with Gasteiger partial charge in [0.25, 0.3) is 0 Å². The molecule has 20 nitrogen and oxygen atoms in total. The van der Waals surface area contributed by atoms with Gasteiger partial charge in [0.2, 0.25) is 29.5 Å². The third kappa shape index (κ3) is 15.2. The minimum Gasteiger partial charge on any atom is -0.507 e. The molecular formula is C50H64N6O14. The first-order chi connectivity index (χ1) is 33.0. The van der Waals surface area contributed by atoms with Gasteiger partial charge in [0.05, 0.1) is 30.5 Å². The third-order valence-corrected chi connectivity index (χ3v) is 11.8. The Hall–Kier alpha value is -7.51. The summed E-state index contributed by atoms with van der Waals surface area (Å²) in [6, 6.07) is 6.44. The van der Waals surface area contributed by atoms with Crippen LogP contribution in [-0.4, -0.2) is 93.2 Å². The lowest BCUT2D eigenvalue weighted by molar-refractivity contribution is -0.142. The van der Waals surface area contributed by atoms with Gasteiger partial charge in [-0.2, -0.15) is 0 Å². The number of unbranched alkanes of at least 4 members (excludes halogenated alkanes) is 1. The first-order valence-corrected chi connectivity index (χ1v) is 23.2. The van der Waals surface area contributed by atoms with Gasteiger partial charge in [0.15, 0.2) is 17.6 Å². The molecule has 3 aromatic rings. The van der Waals surface area contributed by atoms with E-state index in [0.717, 1.165) is 31.0 Å². The van der Waals surface area contributed by atoms with E-state index in [1.54, 1.807) is 24.3 Å². The number of hydrogen-bond donors (Lipinski definition) is 9. The van der Waals surface area contributed by atoms with Crippen LogP contribution in [0, 0.1) is 17.8 Å². The van der Waals surface area contributed by atoms with Gasteiger partial charge < -0.3 is 51.8 Å². The van der Waals surface area contributed by atoms with Gasteiger partial charge in [0.1, 0.15) is 29.0 Å². The number of aliphatic carboxylic acids is 1. The number of aromatic hydroxyl groups is 2. The Kier molecular flexibility index (Phi) is 19.8. The topological polar surface area (TPSA) is 319 Å². The number of phenols is 2. The molecule has 20 heteroatoms. The van der Waals surface area contributed by atoms with Crippen LogP contribution in [-0.2, 0) is 38.4 Å². The average Bonchev–Trinajstić information content (AvgIpc) is 3.28. The molecule has 10 N–H and O–H groups in total. The second-order valence-electron chi connectivity index (χ2n) is 17.9. The molecular weight excluding hydrogens is 909 g/mol. The van der Waals surface area contributed by atoms with Crippen molar-refractivity contribution in [3.8, 4) is 34.1 Å². The van der Waals surface area contributed by atoms with Crippen LogP contribution < -0.4 is 41.8 Å². The molecule has 0 saturated heterocycles. The number of fused-ring (bicyclic) bond motifs is 4. The number of carbonyl (C=O) groups is 9. The number of ketones is 2. The Labute approximate surface area is 405 Å². The van der Waals surface area contributed by atoms with Gasteiger partial charge in [-0.15, -0.1) is 0 Å². The van der Waals surface area contributed by atoms with Crippen molar-refractivity contribution in [2.45, 2.75) is 123 Å². The molecule has 1 heterocycles. The van der Waals surface area contributed by atoms with Gasteiger partial charge in [-0.1, -0.05) is 40.2 Å². The lowest BCUT2D eigenvalue weighted by Crippen LogP contribution is -2.49. The number of Topliss-reactive ketones (excluding diaryl/α,β-unsaturated/α-hetero) is 2. The first kappa shape index (κ1) is 55.1. The summed E-state index contributed by atoms with van der Waals surface area (Å²) in [6.07, 6.45) is 0.230. The normalized spacial score (nSPS) is 17.3. The fraction of sp³-hybridized carbons (Fsp3) is 0.460. The van der Waals surface area contributed by atoms with Gasteiger partial charge in [0, 0.05) is 53.6 Å². The van der Waals surface area contributed by atoms with E-state index < -0.39 is 114 Å². The summed E-state index contributed by atoms with van der Waals surface area (Å²) in [7, 11) is 0. The molecule has 4 rings (SSSR count). The fourth-order valence-corrected chi connectivity index (χ4v) is 7.82. The highest BCUT2D eigenvalue weighted by Gasteiger charge is 2.36. The SMILES string of the molecule is CCCCOc1ccc(NC(=O)Oc2cc(O)c3c(c2)[C@@H](C(=O)O)NC(=O)[C@H](C)NC(=O)[C@H](CC(=O)[C@@H](C)NC(=O)[C@H](CC(N)=O)CC(=O)[C@@H](C)NC(=O)[C@H](CC)CC(C)C)c2ccc(O)c-3c2)cc1. The second-order valence-corrected chi connectivity index (χ2v) is 17.9. The van der Waals surface area contributed by atoms with Crippen molar-refractivity contribution in [3.63, 3.8) is 0 Å².